The number of methoxy groups -OCH3 is 1. The van der Waals surface area contributed by atoms with Crippen LogP contribution in [0.4, 0.5) is 0 Å². The summed E-state index contributed by atoms with van der Waals surface area (Å²) in [5.41, 5.74) is 2.63. The molecule has 1 N–H and O–H groups in total. The summed E-state index contributed by atoms with van der Waals surface area (Å²) < 4.78 is 6.35. The Morgan fingerprint density at radius 2 is 1.69 bits per heavy atom. The minimum Gasteiger partial charge on any atom is -0.497 e. The number of amides is 2. The van der Waals surface area contributed by atoms with E-state index >= 15 is 0 Å². The molecule has 0 saturated carbocycles. The van der Waals surface area contributed by atoms with Crippen LogP contribution >= 0.6 is 15.9 Å². The van der Waals surface area contributed by atoms with E-state index in [0.717, 1.165) is 61.9 Å². The molecule has 0 aliphatic carbocycles. The first-order chi connectivity index (χ1) is 19.0. The van der Waals surface area contributed by atoms with Gasteiger partial charge in [0.1, 0.15) is 5.75 Å². The van der Waals surface area contributed by atoms with E-state index in [1.807, 2.05) is 53.4 Å². The summed E-state index contributed by atoms with van der Waals surface area (Å²) in [7, 11) is 1.60. The lowest BCUT2D eigenvalue weighted by Crippen LogP contribution is -2.45. The molecule has 1 unspecified atom stereocenters. The molecule has 204 valence electrons. The maximum Gasteiger partial charge on any atom is 0.251 e. The number of benzene rings is 3. The summed E-state index contributed by atoms with van der Waals surface area (Å²) in [4.78, 5) is 31.1. The molecule has 0 aromatic heterocycles. The summed E-state index contributed by atoms with van der Waals surface area (Å²) in [6.45, 7) is 4.20. The number of hydrogen-bond donors (Lipinski definition) is 1. The van der Waals surface area contributed by atoms with Crippen LogP contribution < -0.4 is 10.1 Å². The molecular formula is C32H36BrN3O3. The lowest BCUT2D eigenvalue weighted by Gasteiger charge is -2.38. The van der Waals surface area contributed by atoms with Gasteiger partial charge in [-0.1, -0.05) is 64.5 Å². The molecule has 1 atom stereocenters. The fourth-order valence-electron chi connectivity index (χ4n) is 5.85. The number of ether oxygens (including phenoxy) is 1. The number of hydrogen-bond acceptors (Lipinski definition) is 4. The van der Waals surface area contributed by atoms with E-state index < -0.39 is 0 Å². The Morgan fingerprint density at radius 3 is 2.41 bits per heavy atom. The van der Waals surface area contributed by atoms with Crippen molar-refractivity contribution in [3.63, 3.8) is 0 Å². The first-order valence-electron chi connectivity index (χ1n) is 13.7. The second kappa shape index (κ2) is 12.3. The number of carbonyl (C=O) groups is 2. The van der Waals surface area contributed by atoms with Crippen molar-refractivity contribution in [3.05, 3.63) is 100 Å². The molecule has 3 aromatic rings. The van der Waals surface area contributed by atoms with Gasteiger partial charge in [-0.25, -0.2) is 0 Å². The molecule has 39 heavy (non-hydrogen) atoms. The molecule has 0 radical (unpaired) electrons. The van der Waals surface area contributed by atoms with Crippen molar-refractivity contribution >= 4 is 27.7 Å². The normalized spacial score (nSPS) is 17.8. The molecule has 2 aliphatic rings. The highest BCUT2D eigenvalue weighted by atomic mass is 79.9. The van der Waals surface area contributed by atoms with E-state index in [9.17, 15) is 9.59 Å². The van der Waals surface area contributed by atoms with Crippen molar-refractivity contribution in [2.24, 2.45) is 5.41 Å². The number of rotatable bonds is 9. The molecule has 1 spiro atoms. The molecule has 3 aromatic carbocycles. The minimum atomic E-state index is -0.217. The van der Waals surface area contributed by atoms with Gasteiger partial charge in [-0.3, -0.25) is 9.59 Å². The summed E-state index contributed by atoms with van der Waals surface area (Å²) in [6, 6.07) is 25.5. The summed E-state index contributed by atoms with van der Waals surface area (Å²) in [6.07, 6.45) is 3.54. The summed E-state index contributed by atoms with van der Waals surface area (Å²) in [5.74, 6) is 0.874. The quantitative estimate of drug-likeness (QED) is 0.341. The largest absolute Gasteiger partial charge is 0.497 e. The van der Waals surface area contributed by atoms with E-state index in [1.54, 1.807) is 13.2 Å². The third-order valence-corrected chi connectivity index (χ3v) is 8.80. The lowest BCUT2D eigenvalue weighted by atomic mass is 9.77. The Kier molecular flexibility index (Phi) is 8.68. The van der Waals surface area contributed by atoms with Gasteiger partial charge in [0, 0.05) is 29.7 Å². The number of halogens is 1. The van der Waals surface area contributed by atoms with Crippen molar-refractivity contribution < 1.29 is 14.3 Å². The molecular weight excluding hydrogens is 554 g/mol. The van der Waals surface area contributed by atoms with Gasteiger partial charge in [-0.2, -0.15) is 0 Å². The van der Waals surface area contributed by atoms with Crippen LogP contribution in [-0.4, -0.2) is 54.9 Å². The molecule has 6 nitrogen and oxygen atoms in total. The van der Waals surface area contributed by atoms with Gasteiger partial charge < -0.3 is 19.9 Å². The van der Waals surface area contributed by atoms with E-state index in [2.05, 4.69) is 50.4 Å². The fourth-order valence-corrected chi connectivity index (χ4v) is 6.11. The maximum absolute atomic E-state index is 13.5. The van der Waals surface area contributed by atoms with Crippen LogP contribution in [0.25, 0.3) is 0 Å². The number of nitrogens with zero attached hydrogens (tertiary/aromatic N) is 2. The van der Waals surface area contributed by atoms with Crippen molar-refractivity contribution in [2.75, 3.05) is 33.3 Å². The summed E-state index contributed by atoms with van der Waals surface area (Å²) in [5, 5.41) is 3.24. The highest BCUT2D eigenvalue weighted by Crippen LogP contribution is 2.42. The third-order valence-electron chi connectivity index (χ3n) is 8.27. The van der Waals surface area contributed by atoms with Crippen molar-refractivity contribution in [1.29, 1.82) is 0 Å². The number of likely N-dealkylation sites (tertiary alicyclic amines) is 2. The fraction of sp³-hybridized carbons (Fsp3) is 0.375. The first kappa shape index (κ1) is 27.4. The SMILES string of the molecule is COc1cccc(C(=O)NC(CCN2CCC3(CC2)CCN(Cc2ccc(Br)cc2)C3=O)c2ccccc2)c1. The van der Waals surface area contributed by atoms with Gasteiger partial charge >= 0.3 is 0 Å². The molecule has 2 aliphatic heterocycles. The Morgan fingerprint density at radius 1 is 0.974 bits per heavy atom. The highest BCUT2D eigenvalue weighted by Gasteiger charge is 2.47. The first-order valence-corrected chi connectivity index (χ1v) is 14.5. The van der Waals surface area contributed by atoms with Crippen LogP contribution in [-0.2, 0) is 11.3 Å². The van der Waals surface area contributed by atoms with E-state index in [0.29, 0.717) is 23.8 Å². The molecule has 2 fully saturated rings. The van der Waals surface area contributed by atoms with E-state index in [-0.39, 0.29) is 17.4 Å². The van der Waals surface area contributed by atoms with Crippen LogP contribution in [0.2, 0.25) is 0 Å². The van der Waals surface area contributed by atoms with Gasteiger partial charge in [-0.15, -0.1) is 0 Å². The van der Waals surface area contributed by atoms with Crippen molar-refractivity contribution in [2.45, 2.75) is 38.3 Å². The second-order valence-electron chi connectivity index (χ2n) is 10.7. The second-order valence-corrected chi connectivity index (χ2v) is 11.6. The van der Waals surface area contributed by atoms with E-state index in [1.165, 1.54) is 5.56 Å². The topological polar surface area (TPSA) is 61.9 Å². The van der Waals surface area contributed by atoms with Gasteiger partial charge in [0.15, 0.2) is 0 Å². The zero-order valence-corrected chi connectivity index (χ0v) is 24.0. The maximum atomic E-state index is 13.5. The predicted octanol–water partition coefficient (Wildman–Crippen LogP) is 5.83. The standard InChI is InChI=1S/C32H36BrN3O3/c1-39-28-9-5-8-26(22-28)30(37)34-29(25-6-3-2-4-7-25)14-18-35-19-15-32(16-20-35)17-21-36(31(32)38)23-24-10-12-27(33)13-11-24/h2-13,22,29H,14-21,23H2,1H3,(H,34,37). The average molecular weight is 591 g/mol. The molecule has 7 heteroatoms. The van der Waals surface area contributed by atoms with Gasteiger partial charge in [0.25, 0.3) is 5.91 Å². The molecule has 0 bridgehead atoms. The van der Waals surface area contributed by atoms with Crippen LogP contribution in [0, 0.1) is 5.41 Å². The van der Waals surface area contributed by atoms with Crippen LogP contribution in [0.15, 0.2) is 83.3 Å². The minimum absolute atomic E-state index is 0.102. The summed E-state index contributed by atoms with van der Waals surface area (Å²) >= 11 is 3.48. The van der Waals surface area contributed by atoms with Crippen LogP contribution in [0.5, 0.6) is 5.75 Å². The van der Waals surface area contributed by atoms with Crippen molar-refractivity contribution in [3.8, 4) is 5.75 Å². The number of piperidine rings is 1. The molecule has 2 saturated heterocycles. The van der Waals surface area contributed by atoms with Gasteiger partial charge in [-0.05, 0) is 80.2 Å². The highest BCUT2D eigenvalue weighted by molar-refractivity contribution is 9.10. The van der Waals surface area contributed by atoms with E-state index in [4.69, 9.17) is 4.74 Å². The monoisotopic (exact) mass is 589 g/mol. The predicted molar refractivity (Wildman–Crippen MR) is 157 cm³/mol. The van der Waals surface area contributed by atoms with Gasteiger partial charge in [0.2, 0.25) is 5.91 Å². The van der Waals surface area contributed by atoms with Crippen LogP contribution in [0.1, 0.15) is 53.2 Å². The smallest absolute Gasteiger partial charge is 0.251 e. The average Bonchev–Trinajstić information content (AvgIpc) is 3.27. The number of nitrogens with one attached hydrogen (secondary N) is 1. The Hall–Kier alpha value is -3.16. The van der Waals surface area contributed by atoms with Crippen LogP contribution in [0.3, 0.4) is 0 Å². The number of carbonyl (C=O) groups excluding carboxylic acids is 2. The molecule has 2 heterocycles. The van der Waals surface area contributed by atoms with Crippen molar-refractivity contribution in [1.82, 2.24) is 15.1 Å². The Labute approximate surface area is 239 Å². The third kappa shape index (κ3) is 6.53. The lowest BCUT2D eigenvalue weighted by molar-refractivity contribution is -0.138. The zero-order valence-electron chi connectivity index (χ0n) is 22.4. The van der Waals surface area contributed by atoms with Gasteiger partial charge in [0.05, 0.1) is 18.6 Å². The molecule has 5 rings (SSSR count). The Bertz CT molecular complexity index is 1270. The molecule has 2 amide bonds. The Balaban J connectivity index is 1.17. The zero-order chi connectivity index (χ0) is 27.2.